The zero-order valence-electron chi connectivity index (χ0n) is 10.2. The monoisotopic (exact) mass is 310 g/mol. The maximum atomic E-state index is 11.9. The number of hydrogen-bond acceptors (Lipinski definition) is 3. The molecule has 112 valence electrons. The predicted octanol–water partition coefficient (Wildman–Crippen LogP) is 0.457. The second-order valence-electron chi connectivity index (χ2n) is 3.87. The Morgan fingerprint density at radius 3 is 2.50 bits per heavy atom. The van der Waals surface area contributed by atoms with Crippen molar-refractivity contribution >= 4 is 16.0 Å². The van der Waals surface area contributed by atoms with Crippen LogP contribution in [0.3, 0.4) is 0 Å². The van der Waals surface area contributed by atoms with Gasteiger partial charge in [-0.1, -0.05) is 18.2 Å². The van der Waals surface area contributed by atoms with Crippen LogP contribution in [0, 0.1) is 5.41 Å². The Bertz CT molecular complexity index is 586. The van der Waals surface area contributed by atoms with Gasteiger partial charge in [0.15, 0.2) is 0 Å². The first-order valence-corrected chi connectivity index (χ1v) is 6.82. The van der Waals surface area contributed by atoms with E-state index in [0.29, 0.717) is 11.1 Å². The van der Waals surface area contributed by atoms with Crippen molar-refractivity contribution < 1.29 is 21.6 Å². The standard InChI is InChI=1S/C10H13F3N4O2S/c11-10(12,13)6-17-20(18,19)16-5-7-2-1-3-8(4-7)9(14)15/h1-4,16-17H,5-6H2,(H3,14,15). The van der Waals surface area contributed by atoms with E-state index in [9.17, 15) is 21.6 Å². The van der Waals surface area contributed by atoms with Crippen LogP contribution in [-0.4, -0.2) is 27.0 Å². The lowest BCUT2D eigenvalue weighted by molar-refractivity contribution is -0.121. The molecule has 0 radical (unpaired) electrons. The van der Waals surface area contributed by atoms with E-state index in [4.69, 9.17) is 11.1 Å². The van der Waals surface area contributed by atoms with Crippen LogP contribution >= 0.6 is 0 Å². The van der Waals surface area contributed by atoms with Gasteiger partial charge in [0, 0.05) is 12.1 Å². The van der Waals surface area contributed by atoms with E-state index < -0.39 is 22.9 Å². The van der Waals surface area contributed by atoms with Crippen molar-refractivity contribution in [2.45, 2.75) is 12.7 Å². The van der Waals surface area contributed by atoms with Crippen molar-refractivity contribution in [3.8, 4) is 0 Å². The number of alkyl halides is 3. The van der Waals surface area contributed by atoms with Crippen molar-refractivity contribution in [3.05, 3.63) is 35.4 Å². The Morgan fingerprint density at radius 1 is 1.30 bits per heavy atom. The van der Waals surface area contributed by atoms with E-state index in [1.165, 1.54) is 10.8 Å². The molecule has 0 fully saturated rings. The molecule has 0 amide bonds. The lowest BCUT2D eigenvalue weighted by Gasteiger charge is -2.10. The normalized spacial score (nSPS) is 12.3. The second kappa shape index (κ2) is 6.20. The Hall–Kier alpha value is -1.65. The fourth-order valence-corrected chi connectivity index (χ4v) is 2.07. The number of nitrogen functional groups attached to an aromatic ring is 1. The molecule has 6 nitrogen and oxygen atoms in total. The first-order chi connectivity index (χ1) is 9.09. The van der Waals surface area contributed by atoms with Gasteiger partial charge in [-0.05, 0) is 11.6 Å². The molecule has 1 aromatic rings. The Kier molecular flexibility index (Phi) is 5.09. The van der Waals surface area contributed by atoms with Crippen LogP contribution in [0.5, 0.6) is 0 Å². The van der Waals surface area contributed by atoms with Gasteiger partial charge in [0.2, 0.25) is 0 Å². The molecule has 1 rings (SSSR count). The quantitative estimate of drug-likeness (QED) is 0.453. The van der Waals surface area contributed by atoms with Gasteiger partial charge in [-0.25, -0.2) is 0 Å². The number of nitrogens with two attached hydrogens (primary N) is 1. The molecule has 0 aliphatic carbocycles. The van der Waals surface area contributed by atoms with Gasteiger partial charge in [0.25, 0.3) is 10.2 Å². The number of amidine groups is 1. The molecule has 0 spiro atoms. The van der Waals surface area contributed by atoms with Crippen LogP contribution in [-0.2, 0) is 16.8 Å². The molecule has 0 unspecified atom stereocenters. The molecular weight excluding hydrogens is 297 g/mol. The van der Waals surface area contributed by atoms with Crippen molar-refractivity contribution in [3.63, 3.8) is 0 Å². The summed E-state index contributed by atoms with van der Waals surface area (Å²) in [5, 5.41) is 7.22. The van der Waals surface area contributed by atoms with Crippen molar-refractivity contribution in [1.29, 1.82) is 5.41 Å². The zero-order chi connectivity index (χ0) is 15.4. The third-order valence-electron chi connectivity index (χ3n) is 2.17. The van der Waals surface area contributed by atoms with E-state index in [-0.39, 0.29) is 12.4 Å². The summed E-state index contributed by atoms with van der Waals surface area (Å²) in [6.07, 6.45) is -4.62. The van der Waals surface area contributed by atoms with Crippen molar-refractivity contribution in [1.82, 2.24) is 9.44 Å². The highest BCUT2D eigenvalue weighted by Gasteiger charge is 2.29. The van der Waals surface area contributed by atoms with Crippen LogP contribution in [0.15, 0.2) is 24.3 Å². The molecule has 0 atom stereocenters. The summed E-state index contributed by atoms with van der Waals surface area (Å²) in [7, 11) is -4.25. The molecule has 0 aliphatic heterocycles. The summed E-state index contributed by atoms with van der Waals surface area (Å²) in [5.41, 5.74) is 6.13. The predicted molar refractivity (Wildman–Crippen MR) is 67.3 cm³/mol. The maximum absolute atomic E-state index is 11.9. The third kappa shape index (κ3) is 5.99. The molecule has 0 aromatic heterocycles. The van der Waals surface area contributed by atoms with Crippen LogP contribution < -0.4 is 15.2 Å². The first kappa shape index (κ1) is 16.4. The molecule has 20 heavy (non-hydrogen) atoms. The number of benzene rings is 1. The lowest BCUT2D eigenvalue weighted by atomic mass is 10.1. The van der Waals surface area contributed by atoms with Crippen LogP contribution in [0.4, 0.5) is 13.2 Å². The molecule has 0 aliphatic rings. The second-order valence-corrected chi connectivity index (χ2v) is 5.46. The van der Waals surface area contributed by atoms with Crippen LogP contribution in [0.2, 0.25) is 0 Å². The molecule has 10 heteroatoms. The summed E-state index contributed by atoms with van der Waals surface area (Å²) in [5.74, 6) is -0.190. The first-order valence-electron chi connectivity index (χ1n) is 5.33. The Labute approximate surface area is 113 Å². The van der Waals surface area contributed by atoms with Gasteiger partial charge in [0.1, 0.15) is 12.4 Å². The minimum Gasteiger partial charge on any atom is -0.384 e. The molecule has 1 aromatic carbocycles. The highest BCUT2D eigenvalue weighted by molar-refractivity contribution is 7.87. The third-order valence-corrected chi connectivity index (χ3v) is 3.22. The van der Waals surface area contributed by atoms with E-state index >= 15 is 0 Å². The fourth-order valence-electron chi connectivity index (χ4n) is 1.26. The molecule has 0 saturated carbocycles. The summed E-state index contributed by atoms with van der Waals surface area (Å²) in [6.45, 7) is -1.86. The van der Waals surface area contributed by atoms with Gasteiger partial charge >= 0.3 is 6.18 Å². The number of nitrogens with one attached hydrogen (secondary N) is 3. The fraction of sp³-hybridized carbons (Fsp3) is 0.300. The van der Waals surface area contributed by atoms with Gasteiger partial charge in [-0.2, -0.15) is 31.0 Å². The highest BCUT2D eigenvalue weighted by atomic mass is 32.2. The summed E-state index contributed by atoms with van der Waals surface area (Å²) >= 11 is 0. The number of rotatable bonds is 6. The van der Waals surface area contributed by atoms with E-state index in [1.54, 1.807) is 18.2 Å². The molecule has 0 heterocycles. The molecular formula is C10H13F3N4O2S. The van der Waals surface area contributed by atoms with E-state index in [0.717, 1.165) is 0 Å². The van der Waals surface area contributed by atoms with Gasteiger partial charge < -0.3 is 5.73 Å². The Morgan fingerprint density at radius 2 is 1.95 bits per heavy atom. The highest BCUT2D eigenvalue weighted by Crippen LogP contribution is 2.12. The molecule has 5 N–H and O–H groups in total. The van der Waals surface area contributed by atoms with Crippen molar-refractivity contribution in [2.24, 2.45) is 5.73 Å². The SMILES string of the molecule is N=C(N)c1cccc(CNS(=O)(=O)NCC(F)(F)F)c1. The molecule has 0 bridgehead atoms. The lowest BCUT2D eigenvalue weighted by Crippen LogP contribution is -2.41. The minimum absolute atomic E-state index is 0.190. The minimum atomic E-state index is -4.62. The average molecular weight is 310 g/mol. The van der Waals surface area contributed by atoms with Gasteiger partial charge in [0.05, 0.1) is 0 Å². The van der Waals surface area contributed by atoms with E-state index in [2.05, 4.69) is 0 Å². The summed E-state index contributed by atoms with van der Waals surface area (Å²) < 4.78 is 61.6. The summed E-state index contributed by atoms with van der Waals surface area (Å²) in [4.78, 5) is 0. The van der Waals surface area contributed by atoms with Gasteiger partial charge in [-0.15, -0.1) is 0 Å². The van der Waals surface area contributed by atoms with E-state index in [1.807, 2.05) is 4.72 Å². The molecule has 0 saturated heterocycles. The topological polar surface area (TPSA) is 108 Å². The Balaban J connectivity index is 2.62. The number of halogens is 3. The van der Waals surface area contributed by atoms with Crippen LogP contribution in [0.25, 0.3) is 0 Å². The van der Waals surface area contributed by atoms with Crippen molar-refractivity contribution in [2.75, 3.05) is 6.54 Å². The smallest absolute Gasteiger partial charge is 0.384 e. The van der Waals surface area contributed by atoms with Crippen LogP contribution in [0.1, 0.15) is 11.1 Å². The largest absolute Gasteiger partial charge is 0.402 e. The number of hydrogen-bond donors (Lipinski definition) is 4. The zero-order valence-corrected chi connectivity index (χ0v) is 11.0. The average Bonchev–Trinajstić information content (AvgIpc) is 2.34. The summed E-state index contributed by atoms with van der Waals surface area (Å²) in [6, 6.07) is 6.14. The van der Waals surface area contributed by atoms with Gasteiger partial charge in [-0.3, -0.25) is 5.41 Å². The maximum Gasteiger partial charge on any atom is 0.402 e.